The first kappa shape index (κ1) is 14.8. The van der Waals surface area contributed by atoms with Crippen LogP contribution in [0.15, 0.2) is 18.2 Å². The van der Waals surface area contributed by atoms with E-state index >= 15 is 0 Å². The van der Waals surface area contributed by atoms with Gasteiger partial charge in [-0.25, -0.2) is 9.67 Å². The fourth-order valence-electron chi connectivity index (χ4n) is 3.28. The van der Waals surface area contributed by atoms with E-state index in [1.807, 2.05) is 16.5 Å². The summed E-state index contributed by atoms with van der Waals surface area (Å²) in [5.74, 6) is 1.72. The van der Waals surface area contributed by atoms with Gasteiger partial charge in [-0.2, -0.15) is 5.10 Å². The second-order valence-corrected chi connectivity index (χ2v) is 6.09. The largest absolute Gasteiger partial charge is 0.333 e. The van der Waals surface area contributed by atoms with Crippen LogP contribution in [0.2, 0.25) is 0 Å². The molecular formula is C17H22N4O. The molecule has 0 saturated carbocycles. The van der Waals surface area contributed by atoms with Crippen LogP contribution in [0.1, 0.15) is 48.6 Å². The number of nitrogens with zero attached hydrogens (tertiary/aromatic N) is 4. The van der Waals surface area contributed by atoms with Crippen molar-refractivity contribution in [3.05, 3.63) is 41.0 Å². The van der Waals surface area contributed by atoms with Crippen molar-refractivity contribution in [1.29, 1.82) is 0 Å². The summed E-state index contributed by atoms with van der Waals surface area (Å²) in [5.41, 5.74) is 3.43. The molecule has 1 aromatic carbocycles. The number of benzene rings is 1. The monoisotopic (exact) mass is 298 g/mol. The van der Waals surface area contributed by atoms with E-state index in [0.717, 1.165) is 36.7 Å². The zero-order chi connectivity index (χ0) is 15.9. The lowest BCUT2D eigenvalue weighted by Crippen LogP contribution is -2.30. The summed E-state index contributed by atoms with van der Waals surface area (Å²) >= 11 is 0. The molecule has 0 N–H and O–H groups in total. The zero-order valence-electron chi connectivity index (χ0n) is 13.6. The zero-order valence-corrected chi connectivity index (χ0v) is 13.6. The van der Waals surface area contributed by atoms with Crippen molar-refractivity contribution in [3.63, 3.8) is 0 Å². The Bertz CT molecular complexity index is 719. The summed E-state index contributed by atoms with van der Waals surface area (Å²) < 4.78 is 1.91. The number of hydrogen-bond acceptors (Lipinski definition) is 3. The molecule has 116 valence electrons. The Labute approximate surface area is 131 Å². The Balaban J connectivity index is 2.08. The highest BCUT2D eigenvalue weighted by Crippen LogP contribution is 2.32. The Morgan fingerprint density at radius 1 is 1.27 bits per heavy atom. The van der Waals surface area contributed by atoms with Crippen LogP contribution in [0.5, 0.6) is 0 Å². The van der Waals surface area contributed by atoms with Crippen LogP contribution in [0.3, 0.4) is 0 Å². The van der Waals surface area contributed by atoms with E-state index in [2.05, 4.69) is 42.1 Å². The van der Waals surface area contributed by atoms with E-state index in [-0.39, 0.29) is 11.9 Å². The Kier molecular flexibility index (Phi) is 3.72. The van der Waals surface area contributed by atoms with E-state index in [1.165, 1.54) is 11.1 Å². The molecule has 3 rings (SSSR count). The third kappa shape index (κ3) is 2.51. The molecule has 1 amide bonds. The van der Waals surface area contributed by atoms with Crippen LogP contribution in [0.25, 0.3) is 5.69 Å². The summed E-state index contributed by atoms with van der Waals surface area (Å²) in [6.45, 7) is 8.50. The predicted molar refractivity (Wildman–Crippen MR) is 84.9 cm³/mol. The molecular weight excluding hydrogens is 276 g/mol. The molecule has 1 fully saturated rings. The fraction of sp³-hybridized carbons (Fsp3) is 0.471. The number of carbonyl (C=O) groups excluding carboxylic acids is 1. The van der Waals surface area contributed by atoms with E-state index in [1.54, 1.807) is 6.92 Å². The number of hydrogen-bond donors (Lipinski definition) is 0. The third-order valence-electron chi connectivity index (χ3n) is 4.27. The van der Waals surface area contributed by atoms with Gasteiger partial charge in [0.25, 0.3) is 0 Å². The highest BCUT2D eigenvalue weighted by molar-refractivity contribution is 5.74. The van der Waals surface area contributed by atoms with Crippen LogP contribution in [-0.4, -0.2) is 32.1 Å². The molecule has 0 spiro atoms. The maximum Gasteiger partial charge on any atom is 0.220 e. The first-order valence-corrected chi connectivity index (χ1v) is 7.76. The Morgan fingerprint density at radius 3 is 2.73 bits per heavy atom. The van der Waals surface area contributed by atoms with E-state index in [9.17, 15) is 4.79 Å². The lowest BCUT2D eigenvalue weighted by molar-refractivity contribution is -0.129. The maximum absolute atomic E-state index is 11.9. The second-order valence-electron chi connectivity index (χ2n) is 6.09. The van der Waals surface area contributed by atoms with Crippen LogP contribution in [0.4, 0.5) is 0 Å². The number of rotatable bonds is 2. The van der Waals surface area contributed by atoms with Crippen molar-refractivity contribution < 1.29 is 4.79 Å². The number of amides is 1. The summed E-state index contributed by atoms with van der Waals surface area (Å²) in [5, 5.41) is 4.58. The van der Waals surface area contributed by atoms with Gasteiger partial charge in [-0.05, 0) is 45.2 Å². The molecule has 0 unspecified atom stereocenters. The highest BCUT2D eigenvalue weighted by atomic mass is 16.2. The summed E-state index contributed by atoms with van der Waals surface area (Å²) in [6, 6.07) is 6.34. The minimum atomic E-state index is 0.0272. The third-order valence-corrected chi connectivity index (χ3v) is 4.27. The minimum absolute atomic E-state index is 0.0272. The molecule has 2 aromatic rings. The summed E-state index contributed by atoms with van der Waals surface area (Å²) in [7, 11) is 0. The average molecular weight is 298 g/mol. The lowest BCUT2D eigenvalue weighted by atomic mass is 10.1. The van der Waals surface area contributed by atoms with Gasteiger partial charge in [-0.1, -0.05) is 17.7 Å². The average Bonchev–Trinajstić information content (AvgIpc) is 3.04. The van der Waals surface area contributed by atoms with Crippen molar-refractivity contribution in [3.8, 4) is 5.69 Å². The van der Waals surface area contributed by atoms with Gasteiger partial charge in [0, 0.05) is 13.5 Å². The molecule has 0 radical (unpaired) electrons. The molecule has 0 bridgehead atoms. The van der Waals surface area contributed by atoms with E-state index < -0.39 is 0 Å². The van der Waals surface area contributed by atoms with Crippen molar-refractivity contribution in [1.82, 2.24) is 19.7 Å². The van der Waals surface area contributed by atoms with Crippen LogP contribution < -0.4 is 0 Å². The molecule has 1 aliphatic heterocycles. The van der Waals surface area contributed by atoms with Crippen LogP contribution in [-0.2, 0) is 4.79 Å². The lowest BCUT2D eigenvalue weighted by Gasteiger charge is -2.23. The standard InChI is InChI=1S/C17H22N4O/c1-11-7-8-15(12(2)10-11)21-17(18-13(3)19-21)16-6-5-9-20(16)14(4)22/h7-8,10,16H,5-6,9H2,1-4H3/t16-/m0/s1. The number of carbonyl (C=O) groups is 1. The van der Waals surface area contributed by atoms with Gasteiger partial charge < -0.3 is 4.90 Å². The van der Waals surface area contributed by atoms with Crippen molar-refractivity contribution in [2.75, 3.05) is 6.54 Å². The van der Waals surface area contributed by atoms with Gasteiger partial charge in [-0.3, -0.25) is 4.79 Å². The van der Waals surface area contributed by atoms with Gasteiger partial charge in [0.05, 0.1) is 11.7 Å². The molecule has 22 heavy (non-hydrogen) atoms. The van der Waals surface area contributed by atoms with Crippen molar-refractivity contribution in [2.45, 2.75) is 46.6 Å². The Morgan fingerprint density at radius 2 is 2.05 bits per heavy atom. The quantitative estimate of drug-likeness (QED) is 0.856. The fourth-order valence-corrected chi connectivity index (χ4v) is 3.28. The van der Waals surface area contributed by atoms with Crippen LogP contribution >= 0.6 is 0 Å². The van der Waals surface area contributed by atoms with Gasteiger partial charge >= 0.3 is 0 Å². The molecule has 1 aromatic heterocycles. The van der Waals surface area contributed by atoms with Gasteiger partial charge in [0.15, 0.2) is 5.82 Å². The SMILES string of the molecule is CC(=O)N1CCC[C@H]1c1nc(C)nn1-c1ccc(C)cc1C. The van der Waals surface area contributed by atoms with Gasteiger partial charge in [0.1, 0.15) is 5.82 Å². The van der Waals surface area contributed by atoms with Crippen molar-refractivity contribution in [2.24, 2.45) is 0 Å². The first-order valence-electron chi connectivity index (χ1n) is 7.76. The normalized spacial score (nSPS) is 18.0. The summed E-state index contributed by atoms with van der Waals surface area (Å²) in [4.78, 5) is 18.4. The number of aryl methyl sites for hydroxylation is 3. The van der Waals surface area contributed by atoms with E-state index in [0.29, 0.717) is 0 Å². The molecule has 2 heterocycles. The first-order chi connectivity index (χ1) is 10.5. The molecule has 1 saturated heterocycles. The van der Waals surface area contributed by atoms with Gasteiger partial charge in [-0.15, -0.1) is 0 Å². The topological polar surface area (TPSA) is 51.0 Å². The second kappa shape index (κ2) is 5.55. The van der Waals surface area contributed by atoms with Crippen LogP contribution in [0, 0.1) is 20.8 Å². The minimum Gasteiger partial charge on any atom is -0.333 e. The molecule has 5 nitrogen and oxygen atoms in total. The molecule has 1 atom stereocenters. The molecule has 0 aliphatic carbocycles. The number of likely N-dealkylation sites (tertiary alicyclic amines) is 1. The highest BCUT2D eigenvalue weighted by Gasteiger charge is 2.32. The van der Waals surface area contributed by atoms with E-state index in [4.69, 9.17) is 0 Å². The Hall–Kier alpha value is -2.17. The molecule has 5 heteroatoms. The van der Waals surface area contributed by atoms with Crippen molar-refractivity contribution >= 4 is 5.91 Å². The molecule has 1 aliphatic rings. The smallest absolute Gasteiger partial charge is 0.220 e. The van der Waals surface area contributed by atoms with Gasteiger partial charge in [0.2, 0.25) is 5.91 Å². The summed E-state index contributed by atoms with van der Waals surface area (Å²) in [6.07, 6.45) is 1.96. The number of aromatic nitrogens is 3. The maximum atomic E-state index is 11.9. The predicted octanol–water partition coefficient (Wildman–Crippen LogP) is 2.88.